The molecule has 1 aromatic carbocycles. The van der Waals surface area contributed by atoms with E-state index in [2.05, 4.69) is 32.0 Å². The lowest BCUT2D eigenvalue weighted by molar-refractivity contribution is -0.133. The molecule has 3 aromatic rings. The summed E-state index contributed by atoms with van der Waals surface area (Å²) in [6.45, 7) is 4.17. The number of imidazole rings is 1. The van der Waals surface area contributed by atoms with Gasteiger partial charge >= 0.3 is 0 Å². The molecule has 3 heterocycles. The van der Waals surface area contributed by atoms with E-state index in [1.807, 2.05) is 23.1 Å². The standard InChI is InChI=1S/C18H18Cl2N6O/c19-16-15-17(23-18(20)22-16)26(12-21-15)11-14(27)25-8-6-24(7-9-25)10-13-4-2-1-3-5-13/h1-5,12H,6-11H2. The molecule has 0 N–H and O–H groups in total. The summed E-state index contributed by atoms with van der Waals surface area (Å²) in [5.41, 5.74) is 2.20. The number of hydrogen-bond donors (Lipinski definition) is 0. The second-order valence-electron chi connectivity index (χ2n) is 6.47. The Morgan fingerprint density at radius 3 is 2.52 bits per heavy atom. The highest BCUT2D eigenvalue weighted by Crippen LogP contribution is 2.20. The normalized spacial score (nSPS) is 15.4. The van der Waals surface area contributed by atoms with Crippen molar-refractivity contribution >= 4 is 40.3 Å². The minimum absolute atomic E-state index is 0.0273. The highest BCUT2D eigenvalue weighted by atomic mass is 35.5. The number of rotatable bonds is 4. The predicted octanol–water partition coefficient (Wildman–Crippen LogP) is 2.48. The van der Waals surface area contributed by atoms with Gasteiger partial charge in [-0.2, -0.15) is 4.98 Å². The average Bonchev–Trinajstić information content (AvgIpc) is 3.06. The van der Waals surface area contributed by atoms with Crippen molar-refractivity contribution in [2.75, 3.05) is 26.2 Å². The van der Waals surface area contributed by atoms with Crippen molar-refractivity contribution in [3.05, 3.63) is 52.7 Å². The van der Waals surface area contributed by atoms with Gasteiger partial charge in [0, 0.05) is 32.7 Å². The SMILES string of the molecule is O=C(Cn1cnc2c(Cl)nc(Cl)nc21)N1CCN(Cc2ccccc2)CC1. The van der Waals surface area contributed by atoms with Crippen LogP contribution in [-0.2, 0) is 17.9 Å². The van der Waals surface area contributed by atoms with Crippen LogP contribution in [0.5, 0.6) is 0 Å². The monoisotopic (exact) mass is 404 g/mol. The van der Waals surface area contributed by atoms with Crippen molar-refractivity contribution in [1.82, 2.24) is 29.3 Å². The molecular formula is C18H18Cl2N6O. The summed E-state index contributed by atoms with van der Waals surface area (Å²) < 4.78 is 1.66. The molecule has 1 saturated heterocycles. The molecule has 9 heteroatoms. The van der Waals surface area contributed by atoms with Crippen molar-refractivity contribution < 1.29 is 4.79 Å². The van der Waals surface area contributed by atoms with E-state index in [0.717, 1.165) is 19.6 Å². The molecule has 27 heavy (non-hydrogen) atoms. The fourth-order valence-electron chi connectivity index (χ4n) is 3.24. The molecule has 1 aliphatic rings. The van der Waals surface area contributed by atoms with E-state index in [-0.39, 0.29) is 22.9 Å². The van der Waals surface area contributed by atoms with Crippen LogP contribution in [0, 0.1) is 0 Å². The van der Waals surface area contributed by atoms with Crippen LogP contribution in [0.2, 0.25) is 10.4 Å². The van der Waals surface area contributed by atoms with E-state index in [1.165, 1.54) is 5.56 Å². The zero-order valence-electron chi connectivity index (χ0n) is 14.6. The Labute approximate surface area is 166 Å². The Balaban J connectivity index is 1.37. The van der Waals surface area contributed by atoms with E-state index in [9.17, 15) is 4.79 Å². The molecule has 1 amide bonds. The van der Waals surface area contributed by atoms with Crippen molar-refractivity contribution in [3.63, 3.8) is 0 Å². The van der Waals surface area contributed by atoms with Crippen LogP contribution in [0.1, 0.15) is 5.56 Å². The number of amides is 1. The summed E-state index contributed by atoms with van der Waals surface area (Å²) in [7, 11) is 0. The summed E-state index contributed by atoms with van der Waals surface area (Å²) >= 11 is 11.9. The van der Waals surface area contributed by atoms with E-state index in [4.69, 9.17) is 23.2 Å². The maximum Gasteiger partial charge on any atom is 0.242 e. The number of fused-ring (bicyclic) bond motifs is 1. The topological polar surface area (TPSA) is 67.2 Å². The fraction of sp³-hybridized carbons (Fsp3) is 0.333. The molecule has 1 aliphatic heterocycles. The van der Waals surface area contributed by atoms with E-state index >= 15 is 0 Å². The van der Waals surface area contributed by atoms with Gasteiger partial charge in [0.15, 0.2) is 10.8 Å². The highest BCUT2D eigenvalue weighted by Gasteiger charge is 2.22. The number of aromatic nitrogens is 4. The number of benzene rings is 1. The maximum absolute atomic E-state index is 12.7. The van der Waals surface area contributed by atoms with Crippen molar-refractivity contribution in [2.45, 2.75) is 13.1 Å². The Kier molecular flexibility index (Phi) is 5.24. The van der Waals surface area contributed by atoms with Crippen LogP contribution in [-0.4, -0.2) is 61.4 Å². The first kappa shape index (κ1) is 18.2. The molecule has 0 bridgehead atoms. The molecule has 0 spiro atoms. The summed E-state index contributed by atoms with van der Waals surface area (Å²) in [6.07, 6.45) is 1.55. The fourth-order valence-corrected chi connectivity index (χ4v) is 3.66. The van der Waals surface area contributed by atoms with Crippen molar-refractivity contribution in [3.8, 4) is 0 Å². The number of hydrogen-bond acceptors (Lipinski definition) is 5. The average molecular weight is 405 g/mol. The minimum atomic E-state index is 0.0273. The third-order valence-electron chi connectivity index (χ3n) is 4.67. The number of piperazine rings is 1. The molecule has 0 aliphatic carbocycles. The van der Waals surface area contributed by atoms with E-state index in [1.54, 1.807) is 10.9 Å². The van der Waals surface area contributed by atoms with Gasteiger partial charge in [0.1, 0.15) is 12.1 Å². The third kappa shape index (κ3) is 4.05. The van der Waals surface area contributed by atoms with E-state index in [0.29, 0.717) is 24.3 Å². The molecule has 1 fully saturated rings. The summed E-state index contributed by atoms with van der Waals surface area (Å²) in [5.74, 6) is 0.0273. The molecule has 4 rings (SSSR count). The van der Waals surface area contributed by atoms with Gasteiger partial charge in [0.25, 0.3) is 0 Å². The Morgan fingerprint density at radius 2 is 1.78 bits per heavy atom. The number of nitrogens with zero attached hydrogens (tertiary/aromatic N) is 6. The van der Waals surface area contributed by atoms with Crippen LogP contribution < -0.4 is 0 Å². The van der Waals surface area contributed by atoms with Crippen LogP contribution in [0.3, 0.4) is 0 Å². The zero-order valence-corrected chi connectivity index (χ0v) is 16.1. The first-order valence-electron chi connectivity index (χ1n) is 8.68. The van der Waals surface area contributed by atoms with Crippen molar-refractivity contribution in [2.24, 2.45) is 0 Å². The van der Waals surface area contributed by atoms with E-state index < -0.39 is 0 Å². The Morgan fingerprint density at radius 1 is 1.04 bits per heavy atom. The Hall–Kier alpha value is -2.22. The van der Waals surface area contributed by atoms with Crippen molar-refractivity contribution in [1.29, 1.82) is 0 Å². The van der Waals surface area contributed by atoms with Crippen LogP contribution in [0.4, 0.5) is 0 Å². The quantitative estimate of drug-likeness (QED) is 0.493. The smallest absolute Gasteiger partial charge is 0.242 e. The van der Waals surface area contributed by atoms with Gasteiger partial charge in [-0.1, -0.05) is 41.9 Å². The lowest BCUT2D eigenvalue weighted by Crippen LogP contribution is -2.49. The summed E-state index contributed by atoms with van der Waals surface area (Å²) in [5, 5.41) is 0.224. The summed E-state index contributed by atoms with van der Waals surface area (Å²) in [6, 6.07) is 10.4. The van der Waals surface area contributed by atoms with Gasteiger partial charge in [-0.25, -0.2) is 9.97 Å². The second-order valence-corrected chi connectivity index (χ2v) is 7.17. The second kappa shape index (κ2) is 7.80. The molecule has 2 aromatic heterocycles. The minimum Gasteiger partial charge on any atom is -0.339 e. The first-order chi connectivity index (χ1) is 13.1. The molecular weight excluding hydrogens is 387 g/mol. The van der Waals surface area contributed by atoms with Gasteiger partial charge in [0.05, 0.1) is 6.33 Å². The molecule has 0 radical (unpaired) electrons. The molecule has 0 unspecified atom stereocenters. The van der Waals surface area contributed by atoms with Gasteiger partial charge in [-0.3, -0.25) is 9.69 Å². The number of carbonyl (C=O) groups excluding carboxylic acids is 1. The van der Waals surface area contributed by atoms with Gasteiger partial charge in [-0.15, -0.1) is 0 Å². The molecule has 140 valence electrons. The Bertz CT molecular complexity index is 953. The van der Waals surface area contributed by atoms with Crippen LogP contribution in [0.15, 0.2) is 36.7 Å². The highest BCUT2D eigenvalue weighted by molar-refractivity contribution is 6.35. The molecule has 0 saturated carbocycles. The predicted molar refractivity (Wildman–Crippen MR) is 104 cm³/mol. The lowest BCUT2D eigenvalue weighted by Gasteiger charge is -2.34. The number of halogens is 2. The summed E-state index contributed by atoms with van der Waals surface area (Å²) in [4.78, 5) is 29.1. The van der Waals surface area contributed by atoms with Crippen LogP contribution >= 0.6 is 23.2 Å². The largest absolute Gasteiger partial charge is 0.339 e. The van der Waals surface area contributed by atoms with Crippen LogP contribution in [0.25, 0.3) is 11.2 Å². The molecule has 0 atom stereocenters. The zero-order chi connectivity index (χ0) is 18.8. The van der Waals surface area contributed by atoms with Gasteiger partial charge in [0.2, 0.25) is 11.2 Å². The first-order valence-corrected chi connectivity index (χ1v) is 9.43. The van der Waals surface area contributed by atoms with Gasteiger partial charge in [-0.05, 0) is 17.2 Å². The number of carbonyl (C=O) groups is 1. The molecule has 7 nitrogen and oxygen atoms in total. The van der Waals surface area contributed by atoms with Gasteiger partial charge < -0.3 is 9.47 Å². The lowest BCUT2D eigenvalue weighted by atomic mass is 10.2. The maximum atomic E-state index is 12.7. The third-order valence-corrected chi connectivity index (χ3v) is 5.11.